The van der Waals surface area contributed by atoms with Crippen LogP contribution in [0.5, 0.6) is 0 Å². The molecule has 0 aromatic rings. The minimum absolute atomic E-state index is 0.0863. The molecule has 1 spiro atoms. The Morgan fingerprint density at radius 1 is 1.20 bits per heavy atom. The largest absolute Gasteiger partial charge is 0.297 e. The van der Waals surface area contributed by atoms with Gasteiger partial charge in [0.15, 0.2) is 5.78 Å². The SMILES string of the molecule is CCC1CCC12C[C@@H](C(=O)C(C)(C)C)N(C(C)(C)C)C2. The summed E-state index contributed by atoms with van der Waals surface area (Å²) in [6.45, 7) is 16.4. The van der Waals surface area contributed by atoms with Crippen molar-refractivity contribution in [3.8, 4) is 0 Å². The van der Waals surface area contributed by atoms with Crippen LogP contribution in [0.25, 0.3) is 0 Å². The third-order valence-electron chi connectivity index (χ3n) is 5.71. The van der Waals surface area contributed by atoms with Crippen molar-refractivity contribution < 1.29 is 4.79 Å². The third-order valence-corrected chi connectivity index (χ3v) is 5.71. The van der Waals surface area contributed by atoms with Gasteiger partial charge in [0.1, 0.15) is 0 Å². The second kappa shape index (κ2) is 4.83. The molecule has 116 valence electrons. The predicted octanol–water partition coefficient (Wildman–Crippen LogP) is 4.28. The quantitative estimate of drug-likeness (QED) is 0.752. The van der Waals surface area contributed by atoms with E-state index in [1.165, 1.54) is 19.3 Å². The third kappa shape index (κ3) is 2.56. The predicted molar refractivity (Wildman–Crippen MR) is 84.8 cm³/mol. The molecule has 2 nitrogen and oxygen atoms in total. The number of carbonyl (C=O) groups excluding carboxylic acids is 1. The molecule has 0 aromatic heterocycles. The van der Waals surface area contributed by atoms with Crippen LogP contribution in [0.2, 0.25) is 0 Å². The summed E-state index contributed by atoms with van der Waals surface area (Å²) in [7, 11) is 0. The van der Waals surface area contributed by atoms with Gasteiger partial charge in [0, 0.05) is 17.5 Å². The van der Waals surface area contributed by atoms with Gasteiger partial charge in [0.05, 0.1) is 6.04 Å². The van der Waals surface area contributed by atoms with E-state index in [9.17, 15) is 4.79 Å². The molecule has 1 heterocycles. The van der Waals surface area contributed by atoms with Gasteiger partial charge in [0.25, 0.3) is 0 Å². The molecule has 0 N–H and O–H groups in total. The average Bonchev–Trinajstić information content (AvgIpc) is 2.68. The molecule has 0 radical (unpaired) electrons. The number of nitrogens with zero attached hydrogens (tertiary/aromatic N) is 1. The van der Waals surface area contributed by atoms with Gasteiger partial charge in [0.2, 0.25) is 0 Å². The van der Waals surface area contributed by atoms with Crippen molar-refractivity contribution >= 4 is 5.78 Å². The topological polar surface area (TPSA) is 20.3 Å². The fourth-order valence-corrected chi connectivity index (χ4v) is 4.32. The van der Waals surface area contributed by atoms with E-state index >= 15 is 0 Å². The molecule has 20 heavy (non-hydrogen) atoms. The van der Waals surface area contributed by atoms with Crippen LogP contribution in [-0.2, 0) is 4.79 Å². The van der Waals surface area contributed by atoms with Gasteiger partial charge in [-0.3, -0.25) is 9.69 Å². The maximum atomic E-state index is 12.9. The fourth-order valence-electron chi connectivity index (χ4n) is 4.32. The molecule has 0 amide bonds. The lowest BCUT2D eigenvalue weighted by Gasteiger charge is -2.48. The van der Waals surface area contributed by atoms with E-state index in [0.29, 0.717) is 11.2 Å². The molecule has 1 aliphatic carbocycles. The van der Waals surface area contributed by atoms with Crippen molar-refractivity contribution in [1.29, 1.82) is 0 Å². The standard InChI is InChI=1S/C18H33NO/c1-8-13-9-10-18(13)11-14(15(20)16(2,3)4)19(12-18)17(5,6)7/h13-14H,8-12H2,1-7H3/t13?,14-,18?/m0/s1. The first kappa shape index (κ1) is 16.0. The Bertz CT molecular complexity index is 385. The summed E-state index contributed by atoms with van der Waals surface area (Å²) in [4.78, 5) is 15.4. The zero-order chi connectivity index (χ0) is 15.3. The van der Waals surface area contributed by atoms with Gasteiger partial charge in [-0.25, -0.2) is 0 Å². The maximum absolute atomic E-state index is 12.9. The zero-order valence-corrected chi connectivity index (χ0v) is 14.5. The van der Waals surface area contributed by atoms with Gasteiger partial charge in [-0.05, 0) is 51.4 Å². The van der Waals surface area contributed by atoms with Crippen molar-refractivity contribution in [2.24, 2.45) is 16.7 Å². The lowest BCUT2D eigenvalue weighted by Crippen LogP contribution is -2.51. The van der Waals surface area contributed by atoms with Crippen LogP contribution in [0.4, 0.5) is 0 Å². The van der Waals surface area contributed by atoms with E-state index in [4.69, 9.17) is 0 Å². The first-order valence-electron chi connectivity index (χ1n) is 8.32. The average molecular weight is 279 g/mol. The van der Waals surface area contributed by atoms with E-state index in [0.717, 1.165) is 18.9 Å². The molecule has 1 saturated carbocycles. The molecule has 2 aliphatic rings. The van der Waals surface area contributed by atoms with E-state index < -0.39 is 0 Å². The summed E-state index contributed by atoms with van der Waals surface area (Å²) in [5, 5.41) is 0. The zero-order valence-electron chi connectivity index (χ0n) is 14.5. The Morgan fingerprint density at radius 3 is 2.15 bits per heavy atom. The minimum atomic E-state index is -0.231. The number of rotatable bonds is 2. The summed E-state index contributed by atoms with van der Waals surface area (Å²) in [6.07, 6.45) is 5.06. The molecule has 0 bridgehead atoms. The Labute approximate surface area is 125 Å². The fraction of sp³-hybridized carbons (Fsp3) is 0.944. The summed E-state index contributed by atoms with van der Waals surface area (Å²) >= 11 is 0. The summed E-state index contributed by atoms with van der Waals surface area (Å²) in [5.41, 5.74) is 0.293. The summed E-state index contributed by atoms with van der Waals surface area (Å²) < 4.78 is 0. The number of ketones is 1. The summed E-state index contributed by atoms with van der Waals surface area (Å²) in [5.74, 6) is 1.27. The molecular formula is C18H33NO. The lowest BCUT2D eigenvalue weighted by molar-refractivity contribution is -0.132. The number of carbonyl (C=O) groups is 1. The monoisotopic (exact) mass is 279 g/mol. The van der Waals surface area contributed by atoms with E-state index in [1.54, 1.807) is 0 Å². The smallest absolute Gasteiger partial charge is 0.155 e. The highest BCUT2D eigenvalue weighted by Crippen LogP contribution is 2.57. The molecule has 2 unspecified atom stereocenters. The van der Waals surface area contributed by atoms with Gasteiger partial charge in [-0.2, -0.15) is 0 Å². The molecule has 0 aromatic carbocycles. The second-order valence-corrected chi connectivity index (χ2v) is 9.14. The van der Waals surface area contributed by atoms with Gasteiger partial charge >= 0.3 is 0 Å². The number of hydrogen-bond acceptors (Lipinski definition) is 2. The number of Topliss-reactive ketones (excluding diaryl/α,β-unsaturated/α-hetero) is 1. The Balaban J connectivity index is 2.27. The van der Waals surface area contributed by atoms with Crippen LogP contribution in [0.1, 0.15) is 74.1 Å². The molecule has 2 rings (SSSR count). The van der Waals surface area contributed by atoms with Crippen molar-refractivity contribution in [2.75, 3.05) is 6.54 Å². The Morgan fingerprint density at radius 2 is 1.80 bits per heavy atom. The van der Waals surface area contributed by atoms with Crippen molar-refractivity contribution in [1.82, 2.24) is 4.90 Å². The Hall–Kier alpha value is -0.370. The maximum Gasteiger partial charge on any atom is 0.155 e. The lowest BCUT2D eigenvalue weighted by atomic mass is 9.57. The van der Waals surface area contributed by atoms with E-state index in [-0.39, 0.29) is 17.0 Å². The molecule has 1 aliphatic heterocycles. The first-order chi connectivity index (χ1) is 9.01. The normalized spacial score (nSPS) is 35.4. The highest BCUT2D eigenvalue weighted by atomic mass is 16.1. The van der Waals surface area contributed by atoms with Crippen LogP contribution in [-0.4, -0.2) is 28.8 Å². The van der Waals surface area contributed by atoms with E-state index in [1.807, 2.05) is 0 Å². The van der Waals surface area contributed by atoms with E-state index in [2.05, 4.69) is 53.4 Å². The Kier molecular flexibility index (Phi) is 3.86. The highest BCUT2D eigenvalue weighted by Gasteiger charge is 2.57. The van der Waals surface area contributed by atoms with Crippen LogP contribution >= 0.6 is 0 Å². The van der Waals surface area contributed by atoms with Gasteiger partial charge in [-0.15, -0.1) is 0 Å². The first-order valence-corrected chi connectivity index (χ1v) is 8.32. The molecule has 2 fully saturated rings. The molecule has 1 saturated heterocycles. The van der Waals surface area contributed by atoms with Crippen LogP contribution < -0.4 is 0 Å². The molecule has 3 atom stereocenters. The van der Waals surface area contributed by atoms with Crippen LogP contribution in [0.15, 0.2) is 0 Å². The second-order valence-electron chi connectivity index (χ2n) is 9.14. The van der Waals surface area contributed by atoms with Crippen molar-refractivity contribution in [3.05, 3.63) is 0 Å². The van der Waals surface area contributed by atoms with Gasteiger partial charge < -0.3 is 0 Å². The molecule has 2 heteroatoms. The molecular weight excluding hydrogens is 246 g/mol. The van der Waals surface area contributed by atoms with Gasteiger partial charge in [-0.1, -0.05) is 34.1 Å². The van der Waals surface area contributed by atoms with Crippen molar-refractivity contribution in [3.63, 3.8) is 0 Å². The number of likely N-dealkylation sites (tertiary alicyclic amines) is 1. The summed E-state index contributed by atoms with van der Waals surface area (Å²) in [6, 6.07) is 0.129. The van der Waals surface area contributed by atoms with Crippen molar-refractivity contribution in [2.45, 2.75) is 85.7 Å². The number of hydrogen-bond donors (Lipinski definition) is 0. The highest BCUT2D eigenvalue weighted by molar-refractivity contribution is 5.89. The minimum Gasteiger partial charge on any atom is -0.297 e. The van der Waals surface area contributed by atoms with Crippen LogP contribution in [0, 0.1) is 16.7 Å². The van der Waals surface area contributed by atoms with Crippen LogP contribution in [0.3, 0.4) is 0 Å².